The van der Waals surface area contributed by atoms with Crippen molar-refractivity contribution >= 4 is 39.1 Å². The first-order valence-electron chi connectivity index (χ1n) is 6.74. The molecule has 0 aromatic carbocycles. The second-order valence-corrected chi connectivity index (χ2v) is 6.21. The Hall–Kier alpha value is -1.73. The van der Waals surface area contributed by atoms with E-state index >= 15 is 0 Å². The molecule has 0 amide bonds. The summed E-state index contributed by atoms with van der Waals surface area (Å²) in [6.45, 7) is 3.05. The van der Waals surface area contributed by atoms with E-state index in [9.17, 15) is 0 Å². The molecule has 0 aliphatic carbocycles. The molecule has 1 N–H and O–H groups in total. The molecule has 0 atom stereocenters. The van der Waals surface area contributed by atoms with Crippen molar-refractivity contribution in [2.75, 3.05) is 11.9 Å². The maximum atomic E-state index is 4.63. The zero-order valence-electron chi connectivity index (χ0n) is 11.6. The average molecular weight is 317 g/mol. The maximum absolute atomic E-state index is 4.63. The molecule has 0 spiro atoms. The molecule has 108 valence electrons. The summed E-state index contributed by atoms with van der Waals surface area (Å²) >= 11 is 3.19. The van der Waals surface area contributed by atoms with E-state index in [0.717, 1.165) is 40.0 Å². The summed E-state index contributed by atoms with van der Waals surface area (Å²) in [4.78, 5) is 18.7. The molecule has 0 saturated heterocycles. The van der Waals surface area contributed by atoms with E-state index in [1.165, 1.54) is 0 Å². The largest absolute Gasteiger partial charge is 0.369 e. The van der Waals surface area contributed by atoms with Gasteiger partial charge in [-0.15, -0.1) is 11.3 Å². The van der Waals surface area contributed by atoms with Crippen LogP contribution in [-0.4, -0.2) is 26.5 Å². The SMILES string of the molecule is CCCNc1nc(CSc2ncccn2)nc2sccc12. The number of nitrogens with one attached hydrogen (secondary N) is 1. The summed E-state index contributed by atoms with van der Waals surface area (Å²) in [5.74, 6) is 2.40. The van der Waals surface area contributed by atoms with Gasteiger partial charge in [0, 0.05) is 18.9 Å². The van der Waals surface area contributed by atoms with Gasteiger partial charge in [0.2, 0.25) is 0 Å². The highest BCUT2D eigenvalue weighted by atomic mass is 32.2. The number of hydrogen-bond donors (Lipinski definition) is 1. The second kappa shape index (κ2) is 6.82. The third-order valence-corrected chi connectivity index (χ3v) is 4.46. The maximum Gasteiger partial charge on any atom is 0.187 e. The summed E-state index contributed by atoms with van der Waals surface area (Å²) in [6.07, 6.45) is 4.55. The van der Waals surface area contributed by atoms with Crippen LogP contribution >= 0.6 is 23.1 Å². The lowest BCUT2D eigenvalue weighted by atomic mass is 10.3. The van der Waals surface area contributed by atoms with E-state index in [0.29, 0.717) is 5.75 Å². The Kier molecular flexibility index (Phi) is 4.62. The third-order valence-electron chi connectivity index (χ3n) is 2.79. The number of hydrogen-bond acceptors (Lipinski definition) is 7. The summed E-state index contributed by atoms with van der Waals surface area (Å²) in [6, 6.07) is 3.88. The first-order valence-corrected chi connectivity index (χ1v) is 8.61. The predicted octanol–water partition coefficient (Wildman–Crippen LogP) is 3.60. The average Bonchev–Trinajstić information content (AvgIpc) is 3.00. The van der Waals surface area contributed by atoms with Gasteiger partial charge in [-0.2, -0.15) is 0 Å². The first-order chi connectivity index (χ1) is 10.4. The van der Waals surface area contributed by atoms with E-state index in [1.54, 1.807) is 35.5 Å². The van der Waals surface area contributed by atoms with Crippen molar-refractivity contribution in [3.05, 3.63) is 35.7 Å². The zero-order valence-corrected chi connectivity index (χ0v) is 13.2. The molecule has 3 aromatic heterocycles. The van der Waals surface area contributed by atoms with Gasteiger partial charge >= 0.3 is 0 Å². The number of rotatable bonds is 6. The van der Waals surface area contributed by atoms with Crippen LogP contribution in [0.2, 0.25) is 0 Å². The Bertz CT molecular complexity index is 714. The fraction of sp³-hybridized carbons (Fsp3) is 0.286. The minimum atomic E-state index is 0.665. The summed E-state index contributed by atoms with van der Waals surface area (Å²) in [7, 11) is 0. The Balaban J connectivity index is 1.81. The van der Waals surface area contributed by atoms with Crippen LogP contribution in [0.15, 0.2) is 35.1 Å². The third kappa shape index (κ3) is 3.48. The molecule has 0 radical (unpaired) electrons. The standard InChI is InChI=1S/C14H15N5S2/c1-2-5-15-12-10-4-8-20-13(10)19-11(18-12)9-21-14-16-6-3-7-17-14/h3-4,6-8H,2,5,9H2,1H3,(H,15,18,19). The van der Waals surface area contributed by atoms with Crippen LogP contribution in [0.1, 0.15) is 19.2 Å². The Labute approximate surface area is 131 Å². The van der Waals surface area contributed by atoms with E-state index in [1.807, 2.05) is 11.4 Å². The number of nitrogens with zero attached hydrogens (tertiary/aromatic N) is 4. The predicted molar refractivity (Wildman–Crippen MR) is 87.8 cm³/mol. The van der Waals surface area contributed by atoms with Crippen LogP contribution < -0.4 is 5.32 Å². The van der Waals surface area contributed by atoms with Crippen molar-refractivity contribution < 1.29 is 0 Å². The van der Waals surface area contributed by atoms with Crippen molar-refractivity contribution in [1.29, 1.82) is 0 Å². The molecule has 3 aromatic rings. The number of anilines is 1. The van der Waals surface area contributed by atoms with Crippen molar-refractivity contribution in [3.8, 4) is 0 Å². The molecule has 21 heavy (non-hydrogen) atoms. The highest BCUT2D eigenvalue weighted by Gasteiger charge is 2.09. The molecule has 0 bridgehead atoms. The lowest BCUT2D eigenvalue weighted by Gasteiger charge is -2.07. The normalized spacial score (nSPS) is 10.9. The van der Waals surface area contributed by atoms with Crippen molar-refractivity contribution in [3.63, 3.8) is 0 Å². The van der Waals surface area contributed by atoms with Crippen molar-refractivity contribution in [2.45, 2.75) is 24.3 Å². The molecular formula is C14H15N5S2. The molecule has 0 fully saturated rings. The molecule has 0 unspecified atom stereocenters. The molecular weight excluding hydrogens is 302 g/mol. The van der Waals surface area contributed by atoms with Gasteiger partial charge in [0.15, 0.2) is 5.16 Å². The summed E-state index contributed by atoms with van der Waals surface area (Å²) in [5.41, 5.74) is 0. The van der Waals surface area contributed by atoms with Gasteiger partial charge in [0.25, 0.3) is 0 Å². The van der Waals surface area contributed by atoms with Crippen LogP contribution in [0.5, 0.6) is 0 Å². The van der Waals surface area contributed by atoms with Crippen LogP contribution in [0.3, 0.4) is 0 Å². The zero-order chi connectivity index (χ0) is 14.5. The van der Waals surface area contributed by atoms with Gasteiger partial charge in [0.1, 0.15) is 16.5 Å². The van der Waals surface area contributed by atoms with Gasteiger partial charge < -0.3 is 5.32 Å². The van der Waals surface area contributed by atoms with Gasteiger partial charge in [-0.05, 0) is 23.9 Å². The number of thioether (sulfide) groups is 1. The molecule has 0 aliphatic heterocycles. The van der Waals surface area contributed by atoms with Crippen molar-refractivity contribution in [2.24, 2.45) is 0 Å². The number of thiophene rings is 1. The topological polar surface area (TPSA) is 63.6 Å². The minimum Gasteiger partial charge on any atom is -0.369 e. The first kappa shape index (κ1) is 14.2. The molecule has 0 saturated carbocycles. The van der Waals surface area contributed by atoms with Crippen LogP contribution in [-0.2, 0) is 5.75 Å². The van der Waals surface area contributed by atoms with E-state index in [2.05, 4.69) is 38.2 Å². The molecule has 3 rings (SSSR count). The van der Waals surface area contributed by atoms with E-state index < -0.39 is 0 Å². The van der Waals surface area contributed by atoms with Crippen molar-refractivity contribution in [1.82, 2.24) is 19.9 Å². The van der Waals surface area contributed by atoms with Gasteiger partial charge in [0.05, 0.1) is 11.1 Å². The molecule has 3 heterocycles. The fourth-order valence-corrected chi connectivity index (χ4v) is 3.27. The quantitative estimate of drug-likeness (QED) is 0.553. The van der Waals surface area contributed by atoms with Crippen LogP contribution in [0, 0.1) is 0 Å². The highest BCUT2D eigenvalue weighted by Crippen LogP contribution is 2.27. The second-order valence-electron chi connectivity index (χ2n) is 4.37. The minimum absolute atomic E-state index is 0.665. The van der Waals surface area contributed by atoms with Gasteiger partial charge in [-0.25, -0.2) is 19.9 Å². The van der Waals surface area contributed by atoms with E-state index in [-0.39, 0.29) is 0 Å². The van der Waals surface area contributed by atoms with Gasteiger partial charge in [-0.1, -0.05) is 18.7 Å². The Morgan fingerprint density at radius 3 is 2.90 bits per heavy atom. The Morgan fingerprint density at radius 1 is 1.24 bits per heavy atom. The lowest BCUT2D eigenvalue weighted by molar-refractivity contribution is 0.952. The molecule has 5 nitrogen and oxygen atoms in total. The number of aromatic nitrogens is 4. The van der Waals surface area contributed by atoms with Crippen LogP contribution in [0.4, 0.5) is 5.82 Å². The Morgan fingerprint density at radius 2 is 2.10 bits per heavy atom. The summed E-state index contributed by atoms with van der Waals surface area (Å²) < 4.78 is 0. The fourth-order valence-electron chi connectivity index (χ4n) is 1.83. The number of fused-ring (bicyclic) bond motifs is 1. The molecule has 0 aliphatic rings. The lowest BCUT2D eigenvalue weighted by Crippen LogP contribution is -2.05. The monoisotopic (exact) mass is 317 g/mol. The smallest absolute Gasteiger partial charge is 0.187 e. The van der Waals surface area contributed by atoms with Gasteiger partial charge in [-0.3, -0.25) is 0 Å². The molecule has 7 heteroatoms. The van der Waals surface area contributed by atoms with E-state index in [4.69, 9.17) is 0 Å². The van der Waals surface area contributed by atoms with Crippen LogP contribution in [0.25, 0.3) is 10.2 Å². The summed E-state index contributed by atoms with van der Waals surface area (Å²) in [5, 5.41) is 7.27. The highest BCUT2D eigenvalue weighted by molar-refractivity contribution is 7.98.